The van der Waals surface area contributed by atoms with Gasteiger partial charge < -0.3 is 16.0 Å². The van der Waals surface area contributed by atoms with E-state index in [0.29, 0.717) is 17.1 Å². The number of nitrogens with two attached hydrogens (primary N) is 1. The third kappa shape index (κ3) is 4.40. The molecule has 106 valence electrons. The summed E-state index contributed by atoms with van der Waals surface area (Å²) >= 11 is 6.15. The molecule has 0 spiro atoms. The second-order valence-corrected chi connectivity index (χ2v) is 5.18. The largest absolute Gasteiger partial charge is 0.375 e. The summed E-state index contributed by atoms with van der Waals surface area (Å²) in [6.07, 6.45) is 2.67. The van der Waals surface area contributed by atoms with Crippen molar-refractivity contribution < 1.29 is 4.79 Å². The van der Waals surface area contributed by atoms with Crippen molar-refractivity contribution in [1.82, 2.24) is 0 Å². The van der Waals surface area contributed by atoms with E-state index >= 15 is 0 Å². The average molecular weight is 284 g/mol. The second-order valence-electron chi connectivity index (χ2n) is 4.77. The van der Waals surface area contributed by atoms with Crippen molar-refractivity contribution in [3.05, 3.63) is 23.2 Å². The van der Waals surface area contributed by atoms with Gasteiger partial charge in [-0.15, -0.1) is 0 Å². The number of rotatable bonds is 6. The number of carbonyl (C=O) groups excluding carboxylic acids is 1. The molecular formula is C14H22ClN3O. The molecule has 0 aliphatic carbocycles. The fourth-order valence-corrected chi connectivity index (χ4v) is 2.19. The quantitative estimate of drug-likeness (QED) is 0.844. The molecule has 0 bridgehead atoms. The Morgan fingerprint density at radius 2 is 2.16 bits per heavy atom. The highest BCUT2D eigenvalue weighted by Gasteiger charge is 2.16. The molecule has 0 aliphatic rings. The third-order valence-electron chi connectivity index (χ3n) is 2.90. The number of amides is 1. The number of halogens is 1. The molecule has 0 saturated heterocycles. The van der Waals surface area contributed by atoms with Crippen LogP contribution in [0.25, 0.3) is 0 Å². The van der Waals surface area contributed by atoms with Crippen LogP contribution >= 0.6 is 11.6 Å². The Bertz CT molecular complexity index is 435. The Hall–Kier alpha value is -1.26. The first kappa shape index (κ1) is 15.8. The first-order chi connectivity index (χ1) is 8.97. The molecule has 0 saturated carbocycles. The van der Waals surface area contributed by atoms with Crippen LogP contribution in [0.5, 0.6) is 0 Å². The molecule has 4 nitrogen and oxygen atoms in total. The van der Waals surface area contributed by atoms with Gasteiger partial charge in [-0.05, 0) is 18.6 Å². The molecule has 0 heterocycles. The molecule has 0 aromatic heterocycles. The number of para-hydroxylation sites is 1. The van der Waals surface area contributed by atoms with Crippen LogP contribution < -0.4 is 16.0 Å². The summed E-state index contributed by atoms with van der Waals surface area (Å²) in [5, 5.41) is 3.45. The van der Waals surface area contributed by atoms with Crippen molar-refractivity contribution in [2.45, 2.75) is 32.2 Å². The molecule has 19 heavy (non-hydrogen) atoms. The number of carbonyl (C=O) groups is 1. The van der Waals surface area contributed by atoms with Crippen molar-refractivity contribution in [2.24, 2.45) is 5.73 Å². The van der Waals surface area contributed by atoms with Crippen molar-refractivity contribution in [3.8, 4) is 0 Å². The Morgan fingerprint density at radius 1 is 1.47 bits per heavy atom. The van der Waals surface area contributed by atoms with E-state index in [1.165, 1.54) is 0 Å². The van der Waals surface area contributed by atoms with Crippen molar-refractivity contribution >= 4 is 28.9 Å². The molecular weight excluding hydrogens is 262 g/mol. The number of nitrogens with one attached hydrogen (secondary N) is 1. The van der Waals surface area contributed by atoms with Crippen molar-refractivity contribution in [3.63, 3.8) is 0 Å². The molecule has 1 atom stereocenters. The van der Waals surface area contributed by atoms with Gasteiger partial charge >= 0.3 is 0 Å². The minimum atomic E-state index is -0.478. The van der Waals surface area contributed by atoms with Gasteiger partial charge in [-0.3, -0.25) is 4.79 Å². The minimum absolute atomic E-state index is 0.168. The molecule has 1 amide bonds. The Balaban J connectivity index is 2.82. The van der Waals surface area contributed by atoms with Gasteiger partial charge in [0.15, 0.2) is 0 Å². The van der Waals surface area contributed by atoms with Crippen LogP contribution in [0.2, 0.25) is 5.02 Å². The molecule has 1 aromatic carbocycles. The highest BCUT2D eigenvalue weighted by Crippen LogP contribution is 2.32. The number of benzene rings is 1. The summed E-state index contributed by atoms with van der Waals surface area (Å²) in [5.74, 6) is -0.168. The predicted octanol–water partition coefficient (Wildman–Crippen LogP) is 2.86. The Kier molecular flexibility index (Phi) is 6.12. The number of nitrogens with zero attached hydrogens (tertiary/aromatic N) is 1. The van der Waals surface area contributed by atoms with E-state index in [1.54, 1.807) is 6.07 Å². The second kappa shape index (κ2) is 7.36. The van der Waals surface area contributed by atoms with E-state index in [-0.39, 0.29) is 5.91 Å². The van der Waals surface area contributed by atoms with Gasteiger partial charge in [0.2, 0.25) is 5.91 Å². The van der Waals surface area contributed by atoms with Gasteiger partial charge in [0.25, 0.3) is 0 Å². The molecule has 5 heteroatoms. The monoisotopic (exact) mass is 283 g/mol. The maximum absolute atomic E-state index is 12.0. The molecule has 3 N–H and O–H groups in total. The van der Waals surface area contributed by atoms with Gasteiger partial charge in [-0.25, -0.2) is 0 Å². The summed E-state index contributed by atoms with van der Waals surface area (Å²) < 4.78 is 0. The maximum Gasteiger partial charge on any atom is 0.241 e. The van der Waals surface area contributed by atoms with Crippen LogP contribution in [0.15, 0.2) is 18.2 Å². The molecule has 0 unspecified atom stereocenters. The first-order valence-corrected chi connectivity index (χ1v) is 6.87. The van der Waals surface area contributed by atoms with Crippen LogP contribution in [-0.2, 0) is 4.79 Å². The van der Waals surface area contributed by atoms with Crippen LogP contribution in [0.4, 0.5) is 11.4 Å². The number of anilines is 2. The number of unbranched alkanes of at least 4 members (excludes halogenated alkanes) is 1. The zero-order chi connectivity index (χ0) is 14.4. The van der Waals surface area contributed by atoms with Crippen molar-refractivity contribution in [1.29, 1.82) is 0 Å². The maximum atomic E-state index is 12.0. The van der Waals surface area contributed by atoms with Gasteiger partial charge in [0.05, 0.1) is 22.4 Å². The molecule has 0 fully saturated rings. The third-order valence-corrected chi connectivity index (χ3v) is 3.20. The summed E-state index contributed by atoms with van der Waals surface area (Å²) in [5.41, 5.74) is 7.34. The van der Waals surface area contributed by atoms with E-state index in [1.807, 2.05) is 31.1 Å². The highest BCUT2D eigenvalue weighted by atomic mass is 35.5. The summed E-state index contributed by atoms with van der Waals surface area (Å²) in [4.78, 5) is 13.9. The lowest BCUT2D eigenvalue weighted by Crippen LogP contribution is -2.35. The summed E-state index contributed by atoms with van der Waals surface area (Å²) in [7, 11) is 3.77. The average Bonchev–Trinajstić information content (AvgIpc) is 2.35. The van der Waals surface area contributed by atoms with Gasteiger partial charge in [-0.2, -0.15) is 0 Å². The normalized spacial score (nSPS) is 12.1. The Morgan fingerprint density at radius 3 is 2.74 bits per heavy atom. The minimum Gasteiger partial charge on any atom is -0.375 e. The fourth-order valence-electron chi connectivity index (χ4n) is 1.85. The lowest BCUT2D eigenvalue weighted by atomic mass is 10.1. The molecule has 0 radical (unpaired) electrons. The predicted molar refractivity (Wildman–Crippen MR) is 81.9 cm³/mol. The molecule has 0 aliphatic heterocycles. The van der Waals surface area contributed by atoms with Crippen molar-refractivity contribution in [2.75, 3.05) is 24.3 Å². The van der Waals surface area contributed by atoms with E-state index in [4.69, 9.17) is 17.3 Å². The number of hydrogen-bond acceptors (Lipinski definition) is 3. The zero-order valence-electron chi connectivity index (χ0n) is 11.7. The Labute approximate surface area is 119 Å². The van der Waals surface area contributed by atoms with Crippen LogP contribution in [-0.4, -0.2) is 26.0 Å². The first-order valence-electron chi connectivity index (χ1n) is 6.49. The van der Waals surface area contributed by atoms with E-state index in [0.717, 1.165) is 18.5 Å². The van der Waals surface area contributed by atoms with E-state index < -0.39 is 6.04 Å². The number of hydrogen-bond donors (Lipinski definition) is 2. The summed E-state index contributed by atoms with van der Waals surface area (Å²) in [6, 6.07) is 4.95. The lowest BCUT2D eigenvalue weighted by Gasteiger charge is -2.20. The standard InChI is InChI=1S/C14H22ClN3O/c1-4-5-8-11(16)14(19)17-12-9-6-7-10(15)13(12)18(2)3/h6-7,9,11H,4-5,8,16H2,1-3H3,(H,17,19)/t11-/m0/s1. The lowest BCUT2D eigenvalue weighted by molar-refractivity contribution is -0.117. The van der Waals surface area contributed by atoms with Gasteiger partial charge in [-0.1, -0.05) is 37.4 Å². The van der Waals surface area contributed by atoms with Crippen LogP contribution in [0, 0.1) is 0 Å². The highest BCUT2D eigenvalue weighted by molar-refractivity contribution is 6.34. The molecule has 1 aromatic rings. The topological polar surface area (TPSA) is 58.4 Å². The van der Waals surface area contributed by atoms with E-state index in [2.05, 4.69) is 12.2 Å². The van der Waals surface area contributed by atoms with Gasteiger partial charge in [0, 0.05) is 14.1 Å². The smallest absolute Gasteiger partial charge is 0.241 e. The zero-order valence-corrected chi connectivity index (χ0v) is 12.5. The van der Waals surface area contributed by atoms with Crippen LogP contribution in [0.3, 0.4) is 0 Å². The SMILES string of the molecule is CCCC[C@H](N)C(=O)Nc1cccc(Cl)c1N(C)C. The van der Waals surface area contributed by atoms with Gasteiger partial charge in [0.1, 0.15) is 0 Å². The molecule has 1 rings (SSSR count). The fraction of sp³-hybridized carbons (Fsp3) is 0.500. The van der Waals surface area contributed by atoms with E-state index in [9.17, 15) is 4.79 Å². The van der Waals surface area contributed by atoms with Crippen LogP contribution in [0.1, 0.15) is 26.2 Å². The summed E-state index contributed by atoms with van der Waals surface area (Å²) in [6.45, 7) is 2.08.